The molecule has 1 aliphatic rings. The van der Waals surface area contributed by atoms with E-state index >= 15 is 0 Å². The van der Waals surface area contributed by atoms with E-state index in [1.54, 1.807) is 0 Å². The zero-order valence-corrected chi connectivity index (χ0v) is 9.67. The molecule has 0 heterocycles. The molecule has 1 unspecified atom stereocenters. The SMILES string of the molecule is N#CC(NC(=O)c1cccc(Cl)c1F)C1CC1. The molecule has 1 aliphatic carbocycles. The standard InChI is InChI=1S/C12H10ClFN2O/c13-9-3-1-2-8(11(9)14)12(17)16-10(6-15)7-4-5-7/h1-3,7,10H,4-5H2,(H,16,17). The maximum absolute atomic E-state index is 13.5. The van der Waals surface area contributed by atoms with Crippen molar-refractivity contribution in [1.82, 2.24) is 5.32 Å². The van der Waals surface area contributed by atoms with Gasteiger partial charge in [-0.2, -0.15) is 5.26 Å². The number of nitrogens with one attached hydrogen (secondary N) is 1. The van der Waals surface area contributed by atoms with E-state index in [0.717, 1.165) is 12.8 Å². The van der Waals surface area contributed by atoms with Crippen molar-refractivity contribution in [3.05, 3.63) is 34.6 Å². The Kier molecular flexibility index (Phi) is 3.30. The Morgan fingerprint density at radius 1 is 1.59 bits per heavy atom. The van der Waals surface area contributed by atoms with Crippen LogP contribution in [0.4, 0.5) is 4.39 Å². The Labute approximate surface area is 103 Å². The largest absolute Gasteiger partial charge is 0.336 e. The average Bonchev–Trinajstić information content (AvgIpc) is 3.13. The Morgan fingerprint density at radius 3 is 2.88 bits per heavy atom. The van der Waals surface area contributed by atoms with Gasteiger partial charge in [-0.1, -0.05) is 17.7 Å². The summed E-state index contributed by atoms with van der Waals surface area (Å²) in [7, 11) is 0. The number of amides is 1. The van der Waals surface area contributed by atoms with Gasteiger partial charge in [0.15, 0.2) is 5.82 Å². The quantitative estimate of drug-likeness (QED) is 0.899. The Balaban J connectivity index is 2.14. The van der Waals surface area contributed by atoms with Gasteiger partial charge in [-0.25, -0.2) is 4.39 Å². The molecule has 1 atom stereocenters. The topological polar surface area (TPSA) is 52.9 Å². The van der Waals surface area contributed by atoms with Gasteiger partial charge in [-0.15, -0.1) is 0 Å². The predicted octanol–water partition coefficient (Wildman–Crippen LogP) is 2.51. The lowest BCUT2D eigenvalue weighted by molar-refractivity contribution is 0.0938. The van der Waals surface area contributed by atoms with Crippen LogP contribution in [0.25, 0.3) is 0 Å². The summed E-state index contributed by atoms with van der Waals surface area (Å²) in [5, 5.41) is 11.3. The first kappa shape index (κ1) is 11.9. The minimum Gasteiger partial charge on any atom is -0.336 e. The van der Waals surface area contributed by atoms with Gasteiger partial charge in [-0.3, -0.25) is 4.79 Å². The van der Waals surface area contributed by atoms with E-state index in [1.807, 2.05) is 6.07 Å². The van der Waals surface area contributed by atoms with Crippen LogP contribution in [0.1, 0.15) is 23.2 Å². The molecule has 0 aromatic heterocycles. The molecule has 1 aromatic rings. The highest BCUT2D eigenvalue weighted by atomic mass is 35.5. The molecule has 0 saturated heterocycles. The molecule has 0 radical (unpaired) electrons. The van der Waals surface area contributed by atoms with Crippen molar-refractivity contribution in [3.8, 4) is 6.07 Å². The number of rotatable bonds is 3. The van der Waals surface area contributed by atoms with Crippen molar-refractivity contribution in [2.24, 2.45) is 5.92 Å². The lowest BCUT2D eigenvalue weighted by atomic mass is 10.1. The van der Waals surface area contributed by atoms with E-state index in [2.05, 4.69) is 5.32 Å². The van der Waals surface area contributed by atoms with Crippen molar-refractivity contribution in [2.45, 2.75) is 18.9 Å². The van der Waals surface area contributed by atoms with E-state index in [0.29, 0.717) is 0 Å². The van der Waals surface area contributed by atoms with Crippen LogP contribution in [-0.4, -0.2) is 11.9 Å². The number of nitrogens with zero attached hydrogens (tertiary/aromatic N) is 1. The number of nitriles is 1. The molecule has 1 fully saturated rings. The van der Waals surface area contributed by atoms with Crippen molar-refractivity contribution in [1.29, 1.82) is 5.26 Å². The van der Waals surface area contributed by atoms with Crippen molar-refractivity contribution in [2.75, 3.05) is 0 Å². The third-order valence-corrected chi connectivity index (χ3v) is 3.01. The lowest BCUT2D eigenvalue weighted by Gasteiger charge is -2.11. The smallest absolute Gasteiger partial charge is 0.255 e. The molecule has 5 heteroatoms. The number of benzene rings is 1. The highest BCUT2D eigenvalue weighted by Crippen LogP contribution is 2.32. The van der Waals surface area contributed by atoms with E-state index in [9.17, 15) is 9.18 Å². The first-order chi connectivity index (χ1) is 8.13. The van der Waals surface area contributed by atoms with E-state index < -0.39 is 17.8 Å². The van der Waals surface area contributed by atoms with Crippen molar-refractivity contribution < 1.29 is 9.18 Å². The fourth-order valence-electron chi connectivity index (χ4n) is 1.58. The number of halogens is 2. The van der Waals surface area contributed by atoms with Crippen molar-refractivity contribution >= 4 is 17.5 Å². The molecule has 0 aliphatic heterocycles. The molecule has 1 amide bonds. The molecule has 1 aromatic carbocycles. The van der Waals surface area contributed by atoms with Gasteiger partial charge in [-0.05, 0) is 30.9 Å². The van der Waals surface area contributed by atoms with Crippen LogP contribution in [0.2, 0.25) is 5.02 Å². The molecular formula is C12H10ClFN2O. The Hall–Kier alpha value is -1.60. The minimum absolute atomic E-state index is 0.0995. The Morgan fingerprint density at radius 2 is 2.29 bits per heavy atom. The van der Waals surface area contributed by atoms with Gasteiger partial charge in [0.25, 0.3) is 5.91 Å². The molecule has 17 heavy (non-hydrogen) atoms. The molecule has 88 valence electrons. The van der Waals surface area contributed by atoms with Gasteiger partial charge in [0, 0.05) is 0 Å². The third-order valence-electron chi connectivity index (χ3n) is 2.72. The first-order valence-electron chi connectivity index (χ1n) is 5.28. The maximum atomic E-state index is 13.5. The van der Waals surface area contributed by atoms with E-state index in [-0.39, 0.29) is 16.5 Å². The van der Waals surface area contributed by atoms with Gasteiger partial charge in [0.1, 0.15) is 6.04 Å². The molecule has 1 N–H and O–H groups in total. The zero-order valence-electron chi connectivity index (χ0n) is 8.91. The van der Waals surface area contributed by atoms with Crippen LogP contribution in [0.15, 0.2) is 18.2 Å². The number of hydrogen-bond donors (Lipinski definition) is 1. The summed E-state index contributed by atoms with van der Waals surface area (Å²) in [5.74, 6) is -1.14. The summed E-state index contributed by atoms with van der Waals surface area (Å²) < 4.78 is 13.5. The number of hydrogen-bond acceptors (Lipinski definition) is 2. The van der Waals surface area contributed by atoms with Crippen LogP contribution in [0.3, 0.4) is 0 Å². The summed E-state index contributed by atoms with van der Waals surface area (Å²) in [6, 6.07) is 5.69. The van der Waals surface area contributed by atoms with Gasteiger partial charge in [0.05, 0.1) is 16.7 Å². The van der Waals surface area contributed by atoms with E-state index in [4.69, 9.17) is 16.9 Å². The first-order valence-corrected chi connectivity index (χ1v) is 5.65. The fraction of sp³-hybridized carbons (Fsp3) is 0.333. The normalized spacial score (nSPS) is 16.1. The molecule has 2 rings (SSSR count). The highest BCUT2D eigenvalue weighted by Gasteiger charge is 2.32. The Bertz CT molecular complexity index is 494. The maximum Gasteiger partial charge on any atom is 0.255 e. The molecule has 0 spiro atoms. The van der Waals surface area contributed by atoms with Crippen molar-refractivity contribution in [3.63, 3.8) is 0 Å². The number of carbonyl (C=O) groups is 1. The summed E-state index contributed by atoms with van der Waals surface area (Å²) >= 11 is 5.58. The third kappa shape index (κ3) is 2.56. The second-order valence-electron chi connectivity index (χ2n) is 4.02. The predicted molar refractivity (Wildman–Crippen MR) is 61.0 cm³/mol. The van der Waals surface area contributed by atoms with Crippen LogP contribution in [0.5, 0.6) is 0 Å². The minimum atomic E-state index is -0.751. The summed E-state index contributed by atoms with van der Waals surface area (Å²) in [4.78, 5) is 11.8. The second kappa shape index (κ2) is 4.72. The summed E-state index contributed by atoms with van der Waals surface area (Å²) in [6.07, 6.45) is 1.85. The zero-order chi connectivity index (χ0) is 12.4. The summed E-state index contributed by atoms with van der Waals surface area (Å²) in [5.41, 5.74) is -0.126. The molecule has 3 nitrogen and oxygen atoms in total. The lowest BCUT2D eigenvalue weighted by Crippen LogP contribution is -2.35. The average molecular weight is 253 g/mol. The van der Waals surface area contributed by atoms with Crippen LogP contribution in [-0.2, 0) is 0 Å². The molecule has 0 bridgehead atoms. The monoisotopic (exact) mass is 252 g/mol. The molecular weight excluding hydrogens is 243 g/mol. The van der Waals surface area contributed by atoms with Gasteiger partial charge >= 0.3 is 0 Å². The molecule has 1 saturated carbocycles. The van der Waals surface area contributed by atoms with Gasteiger partial charge < -0.3 is 5.32 Å². The van der Waals surface area contributed by atoms with Gasteiger partial charge in [0.2, 0.25) is 0 Å². The second-order valence-corrected chi connectivity index (χ2v) is 4.43. The fourth-order valence-corrected chi connectivity index (χ4v) is 1.76. The number of carbonyl (C=O) groups excluding carboxylic acids is 1. The summed E-state index contributed by atoms with van der Waals surface area (Å²) in [6.45, 7) is 0. The van der Waals surface area contributed by atoms with Crippen LogP contribution in [0, 0.1) is 23.1 Å². The van der Waals surface area contributed by atoms with Crippen LogP contribution < -0.4 is 5.32 Å². The highest BCUT2D eigenvalue weighted by molar-refractivity contribution is 6.31. The van der Waals surface area contributed by atoms with E-state index in [1.165, 1.54) is 18.2 Å². The van der Waals surface area contributed by atoms with Crippen LogP contribution >= 0.6 is 11.6 Å².